The Hall–Kier alpha value is -1.82. The van der Waals surface area contributed by atoms with E-state index in [9.17, 15) is 14.0 Å². The van der Waals surface area contributed by atoms with E-state index in [4.69, 9.17) is 21.4 Å². The first-order chi connectivity index (χ1) is 8.88. The monoisotopic (exact) mass is 289 g/mol. The lowest BCUT2D eigenvalue weighted by atomic mass is 10.2. The SMILES string of the molecule is CC(CC(=O)O)NC(=O)COc1ccc(F)c(Cl)c1. The molecule has 0 aliphatic heterocycles. The molecule has 1 amide bonds. The summed E-state index contributed by atoms with van der Waals surface area (Å²) in [6.45, 7) is 1.27. The minimum atomic E-state index is -1.00. The standard InChI is InChI=1S/C12H13ClFNO4/c1-7(4-12(17)18)15-11(16)6-19-8-2-3-10(14)9(13)5-8/h2-3,5,7H,4,6H2,1H3,(H,15,16)(H,17,18). The summed E-state index contributed by atoms with van der Waals surface area (Å²) in [5.41, 5.74) is 0. The number of carboxylic acids is 1. The fourth-order valence-corrected chi connectivity index (χ4v) is 1.52. The molecule has 1 aromatic rings. The minimum absolute atomic E-state index is 0.0999. The van der Waals surface area contributed by atoms with E-state index in [1.807, 2.05) is 0 Å². The molecule has 1 atom stereocenters. The number of hydrogen-bond donors (Lipinski definition) is 2. The van der Waals surface area contributed by atoms with E-state index in [2.05, 4.69) is 5.32 Å². The molecule has 5 nitrogen and oxygen atoms in total. The maximum atomic E-state index is 12.9. The molecular formula is C12H13ClFNO4. The maximum absolute atomic E-state index is 12.9. The Labute approximate surface area is 114 Å². The normalized spacial score (nSPS) is 11.7. The lowest BCUT2D eigenvalue weighted by Gasteiger charge is -2.12. The van der Waals surface area contributed by atoms with Gasteiger partial charge in [-0.15, -0.1) is 0 Å². The summed E-state index contributed by atoms with van der Waals surface area (Å²) in [6.07, 6.45) is -0.173. The Kier molecular flexibility index (Phi) is 5.57. The van der Waals surface area contributed by atoms with Crippen molar-refractivity contribution in [1.29, 1.82) is 0 Å². The smallest absolute Gasteiger partial charge is 0.305 e. The van der Waals surface area contributed by atoms with Crippen LogP contribution in [-0.4, -0.2) is 29.6 Å². The van der Waals surface area contributed by atoms with Crippen molar-refractivity contribution in [2.45, 2.75) is 19.4 Å². The van der Waals surface area contributed by atoms with Crippen LogP contribution in [0, 0.1) is 5.82 Å². The zero-order valence-electron chi connectivity index (χ0n) is 10.2. The molecule has 104 valence electrons. The summed E-state index contributed by atoms with van der Waals surface area (Å²) in [4.78, 5) is 21.8. The molecule has 1 aromatic carbocycles. The van der Waals surface area contributed by atoms with Gasteiger partial charge in [0.1, 0.15) is 11.6 Å². The molecule has 1 unspecified atom stereocenters. The summed E-state index contributed by atoms with van der Waals surface area (Å²) in [5, 5.41) is 10.9. The van der Waals surface area contributed by atoms with E-state index >= 15 is 0 Å². The second-order valence-corrected chi connectivity index (χ2v) is 4.34. The zero-order chi connectivity index (χ0) is 14.4. The number of carboxylic acid groups (broad SMARTS) is 1. The van der Waals surface area contributed by atoms with Crippen LogP contribution in [0.2, 0.25) is 5.02 Å². The van der Waals surface area contributed by atoms with Gasteiger partial charge < -0.3 is 15.2 Å². The van der Waals surface area contributed by atoms with Crippen molar-refractivity contribution in [3.05, 3.63) is 29.0 Å². The zero-order valence-corrected chi connectivity index (χ0v) is 10.9. The summed E-state index contributed by atoms with van der Waals surface area (Å²) in [7, 11) is 0. The number of amides is 1. The Morgan fingerprint density at radius 2 is 2.21 bits per heavy atom. The quantitative estimate of drug-likeness (QED) is 0.838. The fourth-order valence-electron chi connectivity index (χ4n) is 1.34. The molecular weight excluding hydrogens is 277 g/mol. The molecule has 0 aliphatic carbocycles. The lowest BCUT2D eigenvalue weighted by Crippen LogP contribution is -2.37. The van der Waals surface area contributed by atoms with Crippen molar-refractivity contribution in [3.63, 3.8) is 0 Å². The van der Waals surface area contributed by atoms with Gasteiger partial charge >= 0.3 is 5.97 Å². The highest BCUT2D eigenvalue weighted by Crippen LogP contribution is 2.20. The van der Waals surface area contributed by atoms with Crippen molar-refractivity contribution >= 4 is 23.5 Å². The third kappa shape index (κ3) is 5.56. The third-order valence-electron chi connectivity index (χ3n) is 2.15. The largest absolute Gasteiger partial charge is 0.484 e. The van der Waals surface area contributed by atoms with Gasteiger partial charge in [-0.1, -0.05) is 11.6 Å². The molecule has 0 aromatic heterocycles. The van der Waals surface area contributed by atoms with Crippen LogP contribution in [0.3, 0.4) is 0 Å². The third-order valence-corrected chi connectivity index (χ3v) is 2.44. The molecule has 0 bridgehead atoms. The van der Waals surface area contributed by atoms with Crippen molar-refractivity contribution in [2.24, 2.45) is 0 Å². The highest BCUT2D eigenvalue weighted by Gasteiger charge is 2.11. The number of benzene rings is 1. The molecule has 2 N–H and O–H groups in total. The molecule has 19 heavy (non-hydrogen) atoms. The van der Waals surface area contributed by atoms with E-state index < -0.39 is 23.7 Å². The van der Waals surface area contributed by atoms with Gasteiger partial charge in [0.15, 0.2) is 6.61 Å². The highest BCUT2D eigenvalue weighted by atomic mass is 35.5. The van der Waals surface area contributed by atoms with Gasteiger partial charge in [-0.25, -0.2) is 4.39 Å². The topological polar surface area (TPSA) is 75.6 Å². The Morgan fingerprint density at radius 3 is 2.79 bits per heavy atom. The number of aliphatic carboxylic acids is 1. The number of carbonyl (C=O) groups is 2. The Balaban J connectivity index is 2.41. The van der Waals surface area contributed by atoms with E-state index in [1.165, 1.54) is 12.1 Å². The van der Waals surface area contributed by atoms with Crippen LogP contribution in [0.5, 0.6) is 5.75 Å². The van der Waals surface area contributed by atoms with Crippen LogP contribution >= 0.6 is 11.6 Å². The van der Waals surface area contributed by atoms with Crippen molar-refractivity contribution < 1.29 is 23.8 Å². The van der Waals surface area contributed by atoms with Crippen LogP contribution in [0.15, 0.2) is 18.2 Å². The average Bonchev–Trinajstić information content (AvgIpc) is 2.29. The first-order valence-electron chi connectivity index (χ1n) is 5.47. The van der Waals surface area contributed by atoms with Gasteiger partial charge in [-0.2, -0.15) is 0 Å². The molecule has 0 saturated carbocycles. The van der Waals surface area contributed by atoms with E-state index in [0.717, 1.165) is 6.07 Å². The van der Waals surface area contributed by atoms with Crippen LogP contribution < -0.4 is 10.1 Å². The Bertz CT molecular complexity index is 481. The minimum Gasteiger partial charge on any atom is -0.484 e. The lowest BCUT2D eigenvalue weighted by molar-refractivity contribution is -0.137. The first kappa shape index (κ1) is 15.2. The van der Waals surface area contributed by atoms with Crippen LogP contribution in [-0.2, 0) is 9.59 Å². The molecule has 7 heteroatoms. The van der Waals surface area contributed by atoms with Gasteiger partial charge in [0.2, 0.25) is 0 Å². The first-order valence-corrected chi connectivity index (χ1v) is 5.85. The highest BCUT2D eigenvalue weighted by molar-refractivity contribution is 6.30. The van der Waals surface area contributed by atoms with Gasteiger partial charge in [-0.05, 0) is 19.1 Å². The number of ether oxygens (including phenoxy) is 1. The number of nitrogens with one attached hydrogen (secondary N) is 1. The Morgan fingerprint density at radius 1 is 1.53 bits per heavy atom. The number of hydrogen-bond acceptors (Lipinski definition) is 3. The van der Waals surface area contributed by atoms with Gasteiger partial charge in [0, 0.05) is 12.1 Å². The van der Waals surface area contributed by atoms with Gasteiger partial charge in [-0.3, -0.25) is 9.59 Å². The molecule has 0 spiro atoms. The molecule has 0 aliphatic rings. The predicted molar refractivity (Wildman–Crippen MR) is 66.8 cm³/mol. The average molecular weight is 290 g/mol. The second kappa shape index (κ2) is 6.94. The van der Waals surface area contributed by atoms with Crippen LogP contribution in [0.25, 0.3) is 0 Å². The maximum Gasteiger partial charge on any atom is 0.305 e. The van der Waals surface area contributed by atoms with E-state index in [0.29, 0.717) is 0 Å². The predicted octanol–water partition coefficient (Wildman–Crippen LogP) is 1.84. The van der Waals surface area contributed by atoms with Gasteiger partial charge in [0.05, 0.1) is 11.4 Å². The summed E-state index contributed by atoms with van der Waals surface area (Å²) >= 11 is 5.55. The molecule has 1 rings (SSSR count). The van der Waals surface area contributed by atoms with E-state index in [1.54, 1.807) is 6.92 Å². The fraction of sp³-hybridized carbons (Fsp3) is 0.333. The van der Waals surface area contributed by atoms with Gasteiger partial charge in [0.25, 0.3) is 5.91 Å². The number of rotatable bonds is 6. The molecule has 0 fully saturated rings. The second-order valence-electron chi connectivity index (χ2n) is 3.93. The summed E-state index contributed by atoms with van der Waals surface area (Å²) in [6, 6.07) is 3.23. The molecule has 0 heterocycles. The van der Waals surface area contributed by atoms with E-state index in [-0.39, 0.29) is 23.8 Å². The van der Waals surface area contributed by atoms with Crippen LogP contribution in [0.1, 0.15) is 13.3 Å². The van der Waals surface area contributed by atoms with Crippen molar-refractivity contribution in [3.8, 4) is 5.75 Å². The van der Waals surface area contributed by atoms with Crippen LogP contribution in [0.4, 0.5) is 4.39 Å². The summed E-state index contributed by atoms with van der Waals surface area (Å²) in [5.74, 6) is -1.78. The van der Waals surface area contributed by atoms with Crippen molar-refractivity contribution in [1.82, 2.24) is 5.32 Å². The number of halogens is 2. The number of carbonyl (C=O) groups excluding carboxylic acids is 1. The molecule has 0 saturated heterocycles. The van der Waals surface area contributed by atoms with Crippen molar-refractivity contribution in [2.75, 3.05) is 6.61 Å². The molecule has 0 radical (unpaired) electrons. The summed E-state index contributed by atoms with van der Waals surface area (Å²) < 4.78 is 18.0.